The molecule has 0 N–H and O–H groups in total. The average molecular weight is 136 g/mol. The summed E-state index contributed by atoms with van der Waals surface area (Å²) in [6, 6.07) is 0. The Morgan fingerprint density at radius 2 is 1.00 bits per heavy atom. The third-order valence-electron chi connectivity index (χ3n) is 0. The molecular weight excluding hydrogens is 135 g/mol. The topological polar surface area (TPSA) is 0 Å². The molecule has 0 saturated heterocycles. The minimum absolute atomic E-state index is 0. The molecule has 0 spiro atoms. The van der Waals surface area contributed by atoms with Crippen LogP contribution in [0.2, 0.25) is 0 Å². The van der Waals surface area contributed by atoms with Gasteiger partial charge in [-0.05, 0) is 0 Å². The van der Waals surface area contributed by atoms with Gasteiger partial charge in [0, 0.05) is 0 Å². The SMILES string of the molecule is [H-].[Na+].[S-2].[S-2].[Ti+4]. The van der Waals surface area contributed by atoms with E-state index in [0.717, 1.165) is 0 Å². The minimum atomic E-state index is 0. The van der Waals surface area contributed by atoms with Crippen molar-refractivity contribution >= 4 is 27.0 Å². The van der Waals surface area contributed by atoms with Gasteiger partial charge in [0.1, 0.15) is 0 Å². The Morgan fingerprint density at radius 1 is 1.00 bits per heavy atom. The predicted molar refractivity (Wildman–Crippen MR) is 15.8 cm³/mol. The second-order valence-electron chi connectivity index (χ2n) is 0. The van der Waals surface area contributed by atoms with Gasteiger partial charge in [-0.1, -0.05) is 0 Å². The Bertz CT molecular complexity index is 9.61. The summed E-state index contributed by atoms with van der Waals surface area (Å²) in [5.41, 5.74) is 0. The number of hydrogen-bond donors (Lipinski definition) is 0. The molecule has 0 aliphatic rings. The van der Waals surface area contributed by atoms with Crippen LogP contribution in [-0.2, 0) is 48.7 Å². The van der Waals surface area contributed by atoms with E-state index in [0.29, 0.717) is 0 Å². The Labute approximate surface area is 78.7 Å². The van der Waals surface area contributed by atoms with Gasteiger partial charge >= 0.3 is 51.3 Å². The molecule has 0 saturated carbocycles. The second-order valence-corrected chi connectivity index (χ2v) is 0. The summed E-state index contributed by atoms with van der Waals surface area (Å²) >= 11 is 0. The zero-order chi connectivity index (χ0) is 0. The average Bonchev–Trinajstić information content (AvgIpc) is 0. The van der Waals surface area contributed by atoms with E-state index in [1.165, 1.54) is 0 Å². The van der Waals surface area contributed by atoms with Gasteiger partial charge in [-0.15, -0.1) is 0 Å². The molecule has 0 aromatic carbocycles. The summed E-state index contributed by atoms with van der Waals surface area (Å²) in [5.74, 6) is 0. The minimum Gasteiger partial charge on any atom is -2.00 e. The molecule has 0 aliphatic carbocycles. The molecule has 0 amide bonds. The smallest absolute Gasteiger partial charge is 2.00 e. The molecule has 0 nitrogen and oxygen atoms in total. The van der Waals surface area contributed by atoms with Crippen LogP contribution in [0.1, 0.15) is 1.43 Å². The van der Waals surface area contributed by atoms with Crippen molar-refractivity contribution in [2.75, 3.05) is 0 Å². The van der Waals surface area contributed by atoms with Crippen molar-refractivity contribution in [1.82, 2.24) is 0 Å². The maximum atomic E-state index is 0. The van der Waals surface area contributed by atoms with Gasteiger partial charge in [-0.2, -0.15) is 0 Å². The summed E-state index contributed by atoms with van der Waals surface area (Å²) in [4.78, 5) is 0. The Balaban J connectivity index is 0. The Morgan fingerprint density at radius 3 is 1.00 bits per heavy atom. The van der Waals surface area contributed by atoms with E-state index < -0.39 is 0 Å². The molecule has 0 radical (unpaired) electrons. The molecule has 0 atom stereocenters. The molecule has 0 heterocycles. The predicted octanol–water partition coefficient (Wildman–Crippen LogP) is -2.89. The molecule has 4 heavy (non-hydrogen) atoms. The van der Waals surface area contributed by atoms with Gasteiger partial charge in [0.25, 0.3) is 0 Å². The first kappa shape index (κ1) is 32.3. The Hall–Kier alpha value is 2.41. The van der Waals surface area contributed by atoms with Crippen LogP contribution in [-0.4, -0.2) is 0 Å². The Kier molecular flexibility index (Phi) is 146. The largest absolute Gasteiger partial charge is 4.00 e. The van der Waals surface area contributed by atoms with E-state index in [1.807, 2.05) is 0 Å². The summed E-state index contributed by atoms with van der Waals surface area (Å²) in [7, 11) is 0. The molecule has 0 rings (SSSR count). The molecule has 0 unspecified atom stereocenters. The van der Waals surface area contributed by atoms with Gasteiger partial charge in [0.05, 0.1) is 0 Å². The van der Waals surface area contributed by atoms with Crippen LogP contribution >= 0.6 is 0 Å². The van der Waals surface area contributed by atoms with Crippen LogP contribution in [0, 0.1) is 0 Å². The van der Waals surface area contributed by atoms with Crippen molar-refractivity contribution in [3.63, 3.8) is 0 Å². The summed E-state index contributed by atoms with van der Waals surface area (Å²) in [5, 5.41) is 0. The van der Waals surface area contributed by atoms with E-state index in [9.17, 15) is 0 Å². The fourth-order valence-corrected chi connectivity index (χ4v) is 0. The van der Waals surface area contributed by atoms with Crippen molar-refractivity contribution in [2.24, 2.45) is 0 Å². The molecule has 0 aliphatic heterocycles. The molecular formula is HNaS2Ti. The zero-order valence-electron chi connectivity index (χ0n) is 3.32. The van der Waals surface area contributed by atoms with Crippen molar-refractivity contribution < 1.29 is 52.7 Å². The molecule has 0 aromatic heterocycles. The van der Waals surface area contributed by atoms with Crippen LogP contribution in [0.4, 0.5) is 0 Å². The van der Waals surface area contributed by atoms with E-state index >= 15 is 0 Å². The molecule has 0 bridgehead atoms. The van der Waals surface area contributed by atoms with E-state index in [1.54, 1.807) is 0 Å². The van der Waals surface area contributed by atoms with Gasteiger partial charge in [0.15, 0.2) is 0 Å². The van der Waals surface area contributed by atoms with E-state index in [2.05, 4.69) is 0 Å². The van der Waals surface area contributed by atoms with Crippen molar-refractivity contribution in [2.45, 2.75) is 0 Å². The van der Waals surface area contributed by atoms with Crippen LogP contribution in [0.3, 0.4) is 0 Å². The molecule has 18 valence electrons. The number of hydrogen-bond acceptors (Lipinski definition) is 0. The second kappa shape index (κ2) is 18.1. The maximum absolute atomic E-state index is 0. The van der Waals surface area contributed by atoms with E-state index in [4.69, 9.17) is 0 Å². The van der Waals surface area contributed by atoms with Crippen LogP contribution in [0.5, 0.6) is 0 Å². The van der Waals surface area contributed by atoms with Crippen molar-refractivity contribution in [3.8, 4) is 0 Å². The van der Waals surface area contributed by atoms with Crippen molar-refractivity contribution in [3.05, 3.63) is 0 Å². The van der Waals surface area contributed by atoms with Crippen molar-refractivity contribution in [1.29, 1.82) is 0 Å². The quantitative estimate of drug-likeness (QED) is 0.313. The van der Waals surface area contributed by atoms with Crippen LogP contribution in [0.25, 0.3) is 0 Å². The molecule has 0 aromatic rings. The summed E-state index contributed by atoms with van der Waals surface area (Å²) < 4.78 is 0. The fraction of sp³-hybridized carbons (Fsp3) is 0. The monoisotopic (exact) mass is 136 g/mol. The standard InChI is InChI=1S/Na.2S.Ti.H/q+1;2*-2;+4;-1. The third-order valence-corrected chi connectivity index (χ3v) is 0. The molecule has 4 heteroatoms. The van der Waals surface area contributed by atoms with Crippen LogP contribution < -0.4 is 29.6 Å². The third kappa shape index (κ3) is 8.83. The summed E-state index contributed by atoms with van der Waals surface area (Å²) in [6.45, 7) is 0. The first-order valence-corrected chi connectivity index (χ1v) is 0. The van der Waals surface area contributed by atoms with Gasteiger partial charge in [-0.25, -0.2) is 0 Å². The molecule has 0 fully saturated rings. The first-order valence-electron chi connectivity index (χ1n) is 0. The van der Waals surface area contributed by atoms with E-state index in [-0.39, 0.29) is 79.7 Å². The first-order chi connectivity index (χ1) is 0. The van der Waals surface area contributed by atoms with Crippen LogP contribution in [0.15, 0.2) is 0 Å². The van der Waals surface area contributed by atoms with Gasteiger partial charge in [-0.3, -0.25) is 0 Å². The normalized spacial score (nSPS) is 0. The van der Waals surface area contributed by atoms with Gasteiger partial charge < -0.3 is 28.4 Å². The number of rotatable bonds is 0. The summed E-state index contributed by atoms with van der Waals surface area (Å²) in [6.07, 6.45) is 0. The van der Waals surface area contributed by atoms with Gasteiger partial charge in [0.2, 0.25) is 0 Å². The maximum Gasteiger partial charge on any atom is 4.00 e. The zero-order valence-corrected chi connectivity index (χ0v) is 7.51. The fourth-order valence-electron chi connectivity index (χ4n) is 0.